The van der Waals surface area contributed by atoms with E-state index in [4.69, 9.17) is 0 Å². The van der Waals surface area contributed by atoms with Gasteiger partial charge in [-0.15, -0.1) is 0 Å². The number of carbonyl (C=O) groups is 1. The van der Waals surface area contributed by atoms with Crippen LogP contribution in [0.15, 0.2) is 0 Å². The summed E-state index contributed by atoms with van der Waals surface area (Å²) in [5, 5.41) is 0. The molecular weight excluding hydrogens is 164 g/mol. The van der Waals surface area contributed by atoms with Crippen LogP contribution in [0.3, 0.4) is 0 Å². The molecule has 3 nitrogen and oxygen atoms in total. The summed E-state index contributed by atoms with van der Waals surface area (Å²) in [6.45, 7) is 11.1. The maximum absolute atomic E-state index is 11.2. The van der Waals surface area contributed by atoms with Gasteiger partial charge >= 0.3 is 0 Å². The molecule has 0 aromatic rings. The number of hydrogen-bond acceptors (Lipinski definition) is 2. The van der Waals surface area contributed by atoms with Crippen LogP contribution in [0.4, 0.5) is 0 Å². The second-order valence-electron chi connectivity index (χ2n) is 4.15. The summed E-state index contributed by atoms with van der Waals surface area (Å²) >= 11 is 0. The number of amides is 1. The Morgan fingerprint density at radius 1 is 1.38 bits per heavy atom. The summed E-state index contributed by atoms with van der Waals surface area (Å²) in [6, 6.07) is 0.963. The third-order valence-corrected chi connectivity index (χ3v) is 2.79. The maximum atomic E-state index is 11.2. The first-order valence-electron chi connectivity index (χ1n) is 5.03. The molecular formula is C10H20N2O. The number of carbonyl (C=O) groups excluding carboxylic acids is 1. The maximum Gasteiger partial charge on any atom is 0.219 e. The number of nitrogens with zero attached hydrogens (tertiary/aromatic N) is 2. The van der Waals surface area contributed by atoms with Gasteiger partial charge in [-0.25, -0.2) is 0 Å². The topological polar surface area (TPSA) is 23.6 Å². The van der Waals surface area contributed by atoms with E-state index in [9.17, 15) is 4.79 Å². The van der Waals surface area contributed by atoms with E-state index in [1.54, 1.807) is 6.92 Å². The highest BCUT2D eigenvalue weighted by atomic mass is 16.2. The Bertz CT molecular complexity index is 191. The van der Waals surface area contributed by atoms with Gasteiger partial charge in [-0.2, -0.15) is 0 Å². The Morgan fingerprint density at radius 3 is 2.38 bits per heavy atom. The Kier molecular flexibility index (Phi) is 3.31. The van der Waals surface area contributed by atoms with Gasteiger partial charge in [-0.1, -0.05) is 0 Å². The highest BCUT2D eigenvalue weighted by molar-refractivity contribution is 5.73. The Balaban J connectivity index is 2.51. The molecule has 0 spiro atoms. The molecule has 13 heavy (non-hydrogen) atoms. The van der Waals surface area contributed by atoms with Gasteiger partial charge in [0, 0.05) is 38.6 Å². The second-order valence-corrected chi connectivity index (χ2v) is 4.15. The van der Waals surface area contributed by atoms with Gasteiger partial charge in [-0.05, 0) is 20.8 Å². The van der Waals surface area contributed by atoms with Crippen molar-refractivity contribution >= 4 is 5.91 Å². The molecule has 0 N–H and O–H groups in total. The molecule has 0 unspecified atom stereocenters. The zero-order valence-corrected chi connectivity index (χ0v) is 9.08. The van der Waals surface area contributed by atoms with Crippen LogP contribution >= 0.6 is 0 Å². The van der Waals surface area contributed by atoms with E-state index >= 15 is 0 Å². The molecule has 1 saturated heterocycles. The first-order chi connectivity index (χ1) is 6.02. The molecule has 1 aliphatic heterocycles. The minimum Gasteiger partial charge on any atom is -0.338 e. The van der Waals surface area contributed by atoms with Crippen molar-refractivity contribution in [2.75, 3.05) is 19.6 Å². The highest BCUT2D eigenvalue weighted by Crippen LogP contribution is 2.11. The van der Waals surface area contributed by atoms with Crippen molar-refractivity contribution in [2.24, 2.45) is 0 Å². The molecule has 1 rings (SSSR count). The number of hydrogen-bond donors (Lipinski definition) is 0. The molecule has 0 aromatic heterocycles. The van der Waals surface area contributed by atoms with Gasteiger partial charge in [-0.3, -0.25) is 9.69 Å². The molecule has 1 amide bonds. The molecule has 1 heterocycles. The molecule has 0 aliphatic carbocycles. The van der Waals surface area contributed by atoms with Crippen molar-refractivity contribution in [2.45, 2.75) is 39.8 Å². The summed E-state index contributed by atoms with van der Waals surface area (Å²) in [7, 11) is 0. The summed E-state index contributed by atoms with van der Waals surface area (Å²) in [5.74, 6) is 0.205. The van der Waals surface area contributed by atoms with E-state index < -0.39 is 0 Å². The van der Waals surface area contributed by atoms with Gasteiger partial charge in [0.2, 0.25) is 5.91 Å². The molecule has 1 atom stereocenters. The van der Waals surface area contributed by atoms with E-state index in [2.05, 4.69) is 25.7 Å². The SMILES string of the molecule is CC(=O)N1CCN(C(C)C)C[C@H]1C. The lowest BCUT2D eigenvalue weighted by atomic mass is 10.1. The zero-order chi connectivity index (χ0) is 10.0. The largest absolute Gasteiger partial charge is 0.338 e. The van der Waals surface area contributed by atoms with Crippen LogP contribution in [-0.2, 0) is 4.79 Å². The molecule has 1 aliphatic rings. The van der Waals surface area contributed by atoms with Crippen LogP contribution in [0.2, 0.25) is 0 Å². The lowest BCUT2D eigenvalue weighted by Gasteiger charge is -2.41. The lowest BCUT2D eigenvalue weighted by molar-refractivity contribution is -0.133. The predicted molar refractivity (Wildman–Crippen MR) is 53.6 cm³/mol. The Hall–Kier alpha value is -0.570. The van der Waals surface area contributed by atoms with Crippen molar-refractivity contribution in [3.8, 4) is 0 Å². The van der Waals surface area contributed by atoms with Crippen LogP contribution in [0.5, 0.6) is 0 Å². The van der Waals surface area contributed by atoms with Crippen molar-refractivity contribution in [3.63, 3.8) is 0 Å². The minimum atomic E-state index is 0.205. The highest BCUT2D eigenvalue weighted by Gasteiger charge is 2.26. The first-order valence-corrected chi connectivity index (χ1v) is 5.03. The van der Waals surface area contributed by atoms with Crippen molar-refractivity contribution < 1.29 is 4.79 Å². The summed E-state index contributed by atoms with van der Waals surface area (Å²) in [5.41, 5.74) is 0. The third-order valence-electron chi connectivity index (χ3n) is 2.79. The summed E-state index contributed by atoms with van der Waals surface area (Å²) in [6.07, 6.45) is 0. The van der Waals surface area contributed by atoms with Gasteiger partial charge in [0.25, 0.3) is 0 Å². The van der Waals surface area contributed by atoms with Crippen molar-refractivity contribution in [1.82, 2.24) is 9.80 Å². The molecule has 0 radical (unpaired) electrons. The Labute approximate surface area is 80.7 Å². The van der Waals surface area contributed by atoms with Crippen LogP contribution in [0, 0.1) is 0 Å². The minimum absolute atomic E-state index is 0.205. The van der Waals surface area contributed by atoms with Crippen LogP contribution in [0.1, 0.15) is 27.7 Å². The van der Waals surface area contributed by atoms with E-state index in [1.807, 2.05) is 4.90 Å². The van der Waals surface area contributed by atoms with Crippen LogP contribution < -0.4 is 0 Å². The van der Waals surface area contributed by atoms with E-state index in [1.165, 1.54) is 0 Å². The molecule has 3 heteroatoms. The van der Waals surface area contributed by atoms with E-state index in [0.717, 1.165) is 19.6 Å². The van der Waals surface area contributed by atoms with Crippen molar-refractivity contribution in [3.05, 3.63) is 0 Å². The normalized spacial score (nSPS) is 25.3. The summed E-state index contributed by atoms with van der Waals surface area (Å²) in [4.78, 5) is 15.6. The van der Waals surface area contributed by atoms with Gasteiger partial charge in [0.1, 0.15) is 0 Å². The predicted octanol–water partition coefficient (Wildman–Crippen LogP) is 0.947. The number of piperazine rings is 1. The zero-order valence-electron chi connectivity index (χ0n) is 9.08. The molecule has 0 saturated carbocycles. The standard InChI is InChI=1S/C10H20N2O/c1-8(2)11-5-6-12(10(4)13)9(3)7-11/h8-9H,5-7H2,1-4H3/t9-/m1/s1. The third kappa shape index (κ3) is 2.44. The van der Waals surface area contributed by atoms with Gasteiger partial charge < -0.3 is 4.90 Å². The smallest absolute Gasteiger partial charge is 0.219 e. The summed E-state index contributed by atoms with van der Waals surface area (Å²) < 4.78 is 0. The van der Waals surface area contributed by atoms with Gasteiger partial charge in [0.15, 0.2) is 0 Å². The van der Waals surface area contributed by atoms with E-state index in [0.29, 0.717) is 12.1 Å². The first kappa shape index (κ1) is 10.5. The fourth-order valence-electron chi connectivity index (χ4n) is 1.92. The number of rotatable bonds is 1. The molecule has 0 aromatic carbocycles. The molecule has 1 fully saturated rings. The fourth-order valence-corrected chi connectivity index (χ4v) is 1.92. The molecule has 0 bridgehead atoms. The van der Waals surface area contributed by atoms with Crippen LogP contribution in [-0.4, -0.2) is 47.4 Å². The lowest BCUT2D eigenvalue weighted by Crippen LogP contribution is -2.55. The molecule has 76 valence electrons. The fraction of sp³-hybridized carbons (Fsp3) is 0.900. The second kappa shape index (κ2) is 4.09. The average molecular weight is 184 g/mol. The average Bonchev–Trinajstić information content (AvgIpc) is 2.03. The quantitative estimate of drug-likeness (QED) is 0.605. The Morgan fingerprint density at radius 2 is 2.00 bits per heavy atom. The van der Waals surface area contributed by atoms with Gasteiger partial charge in [0.05, 0.1) is 0 Å². The van der Waals surface area contributed by atoms with E-state index in [-0.39, 0.29) is 5.91 Å². The monoisotopic (exact) mass is 184 g/mol. The van der Waals surface area contributed by atoms with Crippen molar-refractivity contribution in [1.29, 1.82) is 0 Å². The van der Waals surface area contributed by atoms with Crippen LogP contribution in [0.25, 0.3) is 0 Å².